The van der Waals surface area contributed by atoms with Crippen molar-refractivity contribution in [1.29, 1.82) is 0 Å². The van der Waals surface area contributed by atoms with Gasteiger partial charge in [0, 0.05) is 30.1 Å². The first-order chi connectivity index (χ1) is 21.1. The number of rotatable bonds is 7. The van der Waals surface area contributed by atoms with Crippen LogP contribution < -0.4 is 5.32 Å². The first-order valence-electron chi connectivity index (χ1n) is 16.6. The quantitative estimate of drug-likeness (QED) is 0.250. The maximum absolute atomic E-state index is 13.6. The maximum atomic E-state index is 13.6. The van der Waals surface area contributed by atoms with Crippen LogP contribution >= 0.6 is 0 Å². The Labute approximate surface area is 265 Å². The van der Waals surface area contributed by atoms with Crippen LogP contribution in [-0.4, -0.2) is 44.5 Å². The standard InChI is InChI=1S/C36H49F2N5O2/c1-32(2,3)19-28-39-20-25(41-28)23-7-9-24(10-8-23)34-13-16-35(17-14-34,18-15-34)27-21-40-30(42-27)29(33(4,5)6)43-31(44)26-11-12-36(37,38)22-45-26/h7-10,20-21,26,29H,11-19,22H2,1-6H3,(H,39,41)(H,40,42)(H,43,44)/t26?,29-,34?,35?/m1/s1. The molecule has 3 aliphatic carbocycles. The van der Waals surface area contributed by atoms with Crippen LogP contribution in [0.25, 0.3) is 11.3 Å². The first-order valence-corrected chi connectivity index (χ1v) is 16.6. The van der Waals surface area contributed by atoms with Crippen molar-refractivity contribution in [2.75, 3.05) is 6.61 Å². The number of benzene rings is 1. The number of alkyl halides is 2. The van der Waals surface area contributed by atoms with Crippen molar-refractivity contribution in [3.8, 4) is 11.3 Å². The zero-order chi connectivity index (χ0) is 32.3. The van der Waals surface area contributed by atoms with Crippen molar-refractivity contribution in [2.24, 2.45) is 10.8 Å². The third-order valence-electron chi connectivity index (χ3n) is 10.5. The minimum absolute atomic E-state index is 0.00817. The van der Waals surface area contributed by atoms with E-state index in [9.17, 15) is 13.6 Å². The lowest BCUT2D eigenvalue weighted by molar-refractivity contribution is -0.163. The number of hydrogen-bond donors (Lipinski definition) is 3. The summed E-state index contributed by atoms with van der Waals surface area (Å²) >= 11 is 0. The molecule has 9 heteroatoms. The Bertz CT molecular complexity index is 1480. The van der Waals surface area contributed by atoms with Gasteiger partial charge in [0.25, 0.3) is 5.92 Å². The molecule has 1 unspecified atom stereocenters. The zero-order valence-electron chi connectivity index (χ0n) is 27.7. The number of amides is 1. The Hall–Kier alpha value is -3.07. The number of aromatic amines is 2. The Balaban J connectivity index is 1.12. The summed E-state index contributed by atoms with van der Waals surface area (Å²) in [5.41, 5.74) is 4.91. The molecule has 1 saturated heterocycles. The lowest BCUT2D eigenvalue weighted by Crippen LogP contribution is -2.47. The molecule has 1 aliphatic heterocycles. The molecule has 0 radical (unpaired) electrons. The molecule has 1 amide bonds. The van der Waals surface area contributed by atoms with E-state index < -0.39 is 24.7 Å². The number of nitrogens with one attached hydrogen (secondary N) is 3. The molecule has 2 bridgehead atoms. The number of imidazole rings is 2. The van der Waals surface area contributed by atoms with E-state index in [1.54, 1.807) is 0 Å². The molecule has 1 aromatic carbocycles. The summed E-state index contributed by atoms with van der Waals surface area (Å²) in [5, 5.41) is 3.07. The van der Waals surface area contributed by atoms with Gasteiger partial charge in [-0.15, -0.1) is 0 Å². The molecule has 4 aliphatic rings. The monoisotopic (exact) mass is 621 g/mol. The van der Waals surface area contributed by atoms with Gasteiger partial charge in [-0.05, 0) is 72.3 Å². The van der Waals surface area contributed by atoms with E-state index in [1.165, 1.54) is 11.1 Å². The molecule has 7 rings (SSSR count). The fourth-order valence-electron chi connectivity index (χ4n) is 7.74. The third kappa shape index (κ3) is 6.60. The minimum atomic E-state index is -2.87. The molecule has 3 heterocycles. The van der Waals surface area contributed by atoms with Gasteiger partial charge in [0.15, 0.2) is 0 Å². The summed E-state index contributed by atoms with van der Waals surface area (Å²) in [4.78, 5) is 29.6. The molecular weight excluding hydrogens is 572 g/mol. The summed E-state index contributed by atoms with van der Waals surface area (Å²) < 4.78 is 32.4. The van der Waals surface area contributed by atoms with Crippen molar-refractivity contribution < 1.29 is 18.3 Å². The minimum Gasteiger partial charge on any atom is -0.362 e. The Morgan fingerprint density at radius 2 is 1.58 bits per heavy atom. The first kappa shape index (κ1) is 31.9. The lowest BCUT2D eigenvalue weighted by atomic mass is 9.51. The smallest absolute Gasteiger partial charge is 0.271 e. The Morgan fingerprint density at radius 1 is 0.933 bits per heavy atom. The van der Waals surface area contributed by atoms with E-state index in [0.29, 0.717) is 5.82 Å². The SMILES string of the molecule is CC(C)(C)Cc1ncc(-c2ccc(C34CCC(c5cnc([C@@H](NC(=O)C6CCC(F)(F)CO6)C(C)(C)C)[nH]5)(CC3)CC4)cc2)[nH]1. The lowest BCUT2D eigenvalue weighted by Gasteiger charge is -2.53. The summed E-state index contributed by atoms with van der Waals surface area (Å²) in [5.74, 6) is -1.48. The van der Waals surface area contributed by atoms with E-state index in [2.05, 4.69) is 65.3 Å². The second kappa shape index (κ2) is 11.3. The molecule has 4 fully saturated rings. The van der Waals surface area contributed by atoms with Gasteiger partial charge in [-0.3, -0.25) is 4.79 Å². The Morgan fingerprint density at radius 3 is 2.16 bits per heavy atom. The topological polar surface area (TPSA) is 95.7 Å². The molecule has 3 aromatic rings. The average Bonchev–Trinajstić information content (AvgIpc) is 3.66. The highest BCUT2D eigenvalue weighted by Gasteiger charge is 2.51. The molecule has 3 saturated carbocycles. The number of fused-ring (bicyclic) bond motifs is 3. The van der Waals surface area contributed by atoms with Crippen LogP contribution in [-0.2, 0) is 26.8 Å². The summed E-state index contributed by atoms with van der Waals surface area (Å²) in [6.45, 7) is 12.1. The average molecular weight is 622 g/mol. The third-order valence-corrected chi connectivity index (χ3v) is 10.5. The molecule has 2 aromatic heterocycles. The van der Waals surface area contributed by atoms with Gasteiger partial charge in [-0.25, -0.2) is 18.7 Å². The van der Waals surface area contributed by atoms with Gasteiger partial charge in [-0.2, -0.15) is 0 Å². The van der Waals surface area contributed by atoms with Gasteiger partial charge in [0.2, 0.25) is 5.91 Å². The molecule has 244 valence electrons. The molecule has 2 atom stereocenters. The number of aromatic nitrogens is 4. The van der Waals surface area contributed by atoms with Crippen molar-refractivity contribution in [2.45, 2.75) is 128 Å². The van der Waals surface area contributed by atoms with Gasteiger partial charge in [0.1, 0.15) is 24.4 Å². The van der Waals surface area contributed by atoms with Crippen LogP contribution in [0.2, 0.25) is 0 Å². The normalized spacial score (nSPS) is 27.3. The van der Waals surface area contributed by atoms with Gasteiger partial charge in [0.05, 0.1) is 17.9 Å². The predicted molar refractivity (Wildman–Crippen MR) is 171 cm³/mol. The zero-order valence-corrected chi connectivity index (χ0v) is 27.7. The maximum Gasteiger partial charge on any atom is 0.271 e. The molecule has 3 N–H and O–H groups in total. The van der Waals surface area contributed by atoms with E-state index in [1.807, 2.05) is 33.2 Å². The van der Waals surface area contributed by atoms with Crippen LogP contribution in [0.4, 0.5) is 8.78 Å². The van der Waals surface area contributed by atoms with Crippen molar-refractivity contribution in [3.63, 3.8) is 0 Å². The van der Waals surface area contributed by atoms with Gasteiger partial charge >= 0.3 is 0 Å². The molecule has 0 spiro atoms. The van der Waals surface area contributed by atoms with E-state index in [-0.39, 0.29) is 40.4 Å². The summed E-state index contributed by atoms with van der Waals surface area (Å²) in [6.07, 6.45) is 10.3. The van der Waals surface area contributed by atoms with Crippen LogP contribution in [0.1, 0.15) is 122 Å². The number of halogens is 2. The number of carbonyl (C=O) groups is 1. The number of ether oxygens (including phenoxy) is 1. The second-order valence-corrected chi connectivity index (χ2v) is 16.3. The van der Waals surface area contributed by atoms with E-state index in [0.717, 1.165) is 62.2 Å². The highest BCUT2D eigenvalue weighted by molar-refractivity contribution is 5.81. The summed E-state index contributed by atoms with van der Waals surface area (Å²) in [7, 11) is 0. The van der Waals surface area contributed by atoms with E-state index >= 15 is 0 Å². The largest absolute Gasteiger partial charge is 0.362 e. The van der Waals surface area contributed by atoms with Crippen LogP contribution in [0.5, 0.6) is 0 Å². The predicted octanol–water partition coefficient (Wildman–Crippen LogP) is 7.95. The van der Waals surface area contributed by atoms with Crippen molar-refractivity contribution in [3.05, 3.63) is 59.6 Å². The van der Waals surface area contributed by atoms with Crippen LogP contribution in [0, 0.1) is 10.8 Å². The van der Waals surface area contributed by atoms with Crippen LogP contribution in [0.3, 0.4) is 0 Å². The van der Waals surface area contributed by atoms with Crippen LogP contribution in [0.15, 0.2) is 36.7 Å². The molecular formula is C36H49F2N5O2. The number of hydrogen-bond acceptors (Lipinski definition) is 4. The molecule has 45 heavy (non-hydrogen) atoms. The molecule has 7 nitrogen and oxygen atoms in total. The van der Waals surface area contributed by atoms with Gasteiger partial charge in [-0.1, -0.05) is 65.8 Å². The Kier molecular flexibility index (Phi) is 8.02. The van der Waals surface area contributed by atoms with Gasteiger partial charge < -0.3 is 20.0 Å². The number of carbonyl (C=O) groups excluding carboxylic acids is 1. The fourth-order valence-corrected chi connectivity index (χ4v) is 7.74. The number of H-pyrrole nitrogens is 2. The summed E-state index contributed by atoms with van der Waals surface area (Å²) in [6, 6.07) is 8.72. The highest BCUT2D eigenvalue weighted by atomic mass is 19.3. The number of nitrogens with zero attached hydrogens (tertiary/aromatic N) is 2. The fraction of sp³-hybridized carbons (Fsp3) is 0.639. The highest BCUT2D eigenvalue weighted by Crippen LogP contribution is 2.58. The second-order valence-electron chi connectivity index (χ2n) is 16.3. The van der Waals surface area contributed by atoms with Crippen molar-refractivity contribution >= 4 is 5.91 Å². The van der Waals surface area contributed by atoms with E-state index in [4.69, 9.17) is 9.72 Å². The van der Waals surface area contributed by atoms with Crippen molar-refractivity contribution in [1.82, 2.24) is 25.3 Å².